The fraction of sp³-hybridized carbons (Fsp3) is 0.400. The third-order valence-corrected chi connectivity index (χ3v) is 4.79. The van der Waals surface area contributed by atoms with Gasteiger partial charge >= 0.3 is 0 Å². The number of halogens is 2. The van der Waals surface area contributed by atoms with Crippen LogP contribution >= 0.6 is 24.8 Å². The van der Waals surface area contributed by atoms with E-state index in [1.807, 2.05) is 24.3 Å². The van der Waals surface area contributed by atoms with Gasteiger partial charge in [0.15, 0.2) is 0 Å². The van der Waals surface area contributed by atoms with E-state index in [0.717, 1.165) is 38.5 Å². The first-order valence-electron chi connectivity index (χ1n) is 8.70. The highest BCUT2D eigenvalue weighted by Crippen LogP contribution is 2.24. The quantitative estimate of drug-likeness (QED) is 0.840. The second-order valence-corrected chi connectivity index (χ2v) is 6.55. The summed E-state index contributed by atoms with van der Waals surface area (Å²) in [6.45, 7) is 5.33. The van der Waals surface area contributed by atoms with Gasteiger partial charge in [0.25, 0.3) is 0 Å². The van der Waals surface area contributed by atoms with Crippen molar-refractivity contribution in [2.24, 2.45) is 0 Å². The lowest BCUT2D eigenvalue weighted by atomic mass is 10.2. The van der Waals surface area contributed by atoms with Gasteiger partial charge in [0.05, 0.1) is 12.7 Å². The van der Waals surface area contributed by atoms with E-state index < -0.39 is 0 Å². The first-order chi connectivity index (χ1) is 11.9. The summed E-state index contributed by atoms with van der Waals surface area (Å²) in [6, 6.07) is 19.1. The number of hydrogen-bond donors (Lipinski definition) is 1. The Kier molecular flexibility index (Phi) is 8.19. The molecular weight excluding hydrogens is 371 g/mol. The molecule has 2 heterocycles. The first-order valence-corrected chi connectivity index (χ1v) is 8.70. The Labute approximate surface area is 167 Å². The molecule has 6 heteroatoms. The molecule has 142 valence electrons. The van der Waals surface area contributed by atoms with Gasteiger partial charge in [-0.2, -0.15) is 0 Å². The molecule has 0 aliphatic carbocycles. The van der Waals surface area contributed by atoms with Crippen LogP contribution in [-0.2, 0) is 17.9 Å². The van der Waals surface area contributed by atoms with Crippen LogP contribution in [0.1, 0.15) is 11.1 Å². The smallest absolute Gasteiger partial charge is 0.124 e. The van der Waals surface area contributed by atoms with E-state index in [-0.39, 0.29) is 24.8 Å². The molecule has 2 aromatic rings. The van der Waals surface area contributed by atoms with Gasteiger partial charge in [-0.25, -0.2) is 0 Å². The largest absolute Gasteiger partial charge is 0.489 e. The predicted molar refractivity (Wildman–Crippen MR) is 109 cm³/mol. The van der Waals surface area contributed by atoms with Gasteiger partial charge in [-0.1, -0.05) is 48.5 Å². The van der Waals surface area contributed by atoms with Crippen molar-refractivity contribution in [2.75, 3.05) is 26.2 Å². The molecule has 2 atom stereocenters. The standard InChI is InChI=1S/C20H24N2O2.2ClH/c1-2-6-16(7-3-1)15-24-19-9-5-4-8-17(19)12-22-13-18-20(14-22)23-11-10-21-18;;/h1-9,18,20-21H,10-15H2;2*1H/t18-,20-;;/m0../s1. The number of nitrogens with zero attached hydrogens (tertiary/aromatic N) is 1. The molecule has 1 N–H and O–H groups in total. The molecular formula is C20H26Cl2N2O2. The maximum absolute atomic E-state index is 6.08. The Bertz CT molecular complexity index is 658. The highest BCUT2D eigenvalue weighted by molar-refractivity contribution is 5.85. The molecule has 0 unspecified atom stereocenters. The van der Waals surface area contributed by atoms with E-state index in [1.165, 1.54) is 11.1 Å². The van der Waals surface area contributed by atoms with Gasteiger partial charge in [0.1, 0.15) is 12.4 Å². The molecule has 0 spiro atoms. The van der Waals surface area contributed by atoms with Gasteiger partial charge in [-0.15, -0.1) is 24.8 Å². The summed E-state index contributed by atoms with van der Waals surface area (Å²) < 4.78 is 11.9. The molecule has 2 aliphatic rings. The topological polar surface area (TPSA) is 33.7 Å². The molecule has 0 radical (unpaired) electrons. The summed E-state index contributed by atoms with van der Waals surface area (Å²) in [4.78, 5) is 2.46. The second-order valence-electron chi connectivity index (χ2n) is 6.55. The summed E-state index contributed by atoms with van der Waals surface area (Å²) >= 11 is 0. The SMILES string of the molecule is Cl.Cl.c1ccc(COc2ccccc2CN2C[C@@H]3NCCO[C@H]3C2)cc1. The number of fused-ring (bicyclic) bond motifs is 1. The molecule has 26 heavy (non-hydrogen) atoms. The van der Waals surface area contributed by atoms with E-state index in [4.69, 9.17) is 9.47 Å². The Morgan fingerprint density at radius 3 is 2.58 bits per heavy atom. The maximum Gasteiger partial charge on any atom is 0.124 e. The number of hydrogen-bond acceptors (Lipinski definition) is 4. The van der Waals surface area contributed by atoms with Gasteiger partial charge in [-0.05, 0) is 11.6 Å². The number of morpholine rings is 1. The number of nitrogens with one attached hydrogen (secondary N) is 1. The van der Waals surface area contributed by atoms with Crippen LogP contribution in [0.2, 0.25) is 0 Å². The number of ether oxygens (including phenoxy) is 2. The molecule has 0 bridgehead atoms. The maximum atomic E-state index is 6.08. The summed E-state index contributed by atoms with van der Waals surface area (Å²) in [6.07, 6.45) is 0.330. The predicted octanol–water partition coefficient (Wildman–Crippen LogP) is 3.28. The fourth-order valence-corrected chi connectivity index (χ4v) is 3.55. The summed E-state index contributed by atoms with van der Waals surface area (Å²) in [7, 11) is 0. The van der Waals surface area contributed by atoms with Crippen molar-refractivity contribution in [3.63, 3.8) is 0 Å². The van der Waals surface area contributed by atoms with E-state index in [2.05, 4.69) is 40.5 Å². The van der Waals surface area contributed by atoms with Crippen LogP contribution in [0.5, 0.6) is 5.75 Å². The molecule has 2 saturated heterocycles. The van der Waals surface area contributed by atoms with E-state index in [1.54, 1.807) is 0 Å². The molecule has 2 aliphatic heterocycles. The van der Waals surface area contributed by atoms with Gasteiger partial charge in [0.2, 0.25) is 0 Å². The monoisotopic (exact) mass is 396 g/mol. The zero-order valence-corrected chi connectivity index (χ0v) is 16.3. The minimum Gasteiger partial charge on any atom is -0.489 e. The van der Waals surface area contributed by atoms with Gasteiger partial charge < -0.3 is 14.8 Å². The van der Waals surface area contributed by atoms with Crippen molar-refractivity contribution in [3.05, 3.63) is 65.7 Å². The Morgan fingerprint density at radius 1 is 1.00 bits per heavy atom. The Hall–Kier alpha value is -1.30. The van der Waals surface area contributed by atoms with Crippen LogP contribution in [0.15, 0.2) is 54.6 Å². The lowest BCUT2D eigenvalue weighted by Gasteiger charge is -2.25. The lowest BCUT2D eigenvalue weighted by Crippen LogP contribution is -2.47. The van der Waals surface area contributed by atoms with Crippen molar-refractivity contribution < 1.29 is 9.47 Å². The van der Waals surface area contributed by atoms with Gasteiger partial charge in [0, 0.05) is 37.8 Å². The summed E-state index contributed by atoms with van der Waals surface area (Å²) in [5.74, 6) is 0.977. The molecule has 0 amide bonds. The average molecular weight is 397 g/mol. The zero-order chi connectivity index (χ0) is 16.2. The van der Waals surface area contributed by atoms with Crippen LogP contribution in [0.3, 0.4) is 0 Å². The van der Waals surface area contributed by atoms with Crippen molar-refractivity contribution >= 4 is 24.8 Å². The summed E-state index contributed by atoms with van der Waals surface area (Å²) in [5.41, 5.74) is 2.43. The summed E-state index contributed by atoms with van der Waals surface area (Å²) in [5, 5.41) is 3.56. The van der Waals surface area contributed by atoms with Gasteiger partial charge in [-0.3, -0.25) is 4.90 Å². The van der Waals surface area contributed by atoms with E-state index in [0.29, 0.717) is 18.8 Å². The van der Waals surface area contributed by atoms with Crippen molar-refractivity contribution in [3.8, 4) is 5.75 Å². The normalized spacial score (nSPS) is 22.0. The second kappa shape index (κ2) is 10.1. The molecule has 4 rings (SSSR count). The van der Waals surface area contributed by atoms with Crippen LogP contribution < -0.4 is 10.1 Å². The number of rotatable bonds is 5. The van der Waals surface area contributed by atoms with Crippen LogP contribution in [0.25, 0.3) is 0 Å². The highest BCUT2D eigenvalue weighted by atomic mass is 35.5. The van der Waals surface area contributed by atoms with Crippen LogP contribution in [0.4, 0.5) is 0 Å². The van der Waals surface area contributed by atoms with Crippen molar-refractivity contribution in [1.29, 1.82) is 0 Å². The van der Waals surface area contributed by atoms with Crippen LogP contribution in [-0.4, -0.2) is 43.3 Å². The molecule has 0 saturated carbocycles. The van der Waals surface area contributed by atoms with E-state index >= 15 is 0 Å². The fourth-order valence-electron chi connectivity index (χ4n) is 3.55. The third-order valence-electron chi connectivity index (χ3n) is 4.79. The van der Waals surface area contributed by atoms with Crippen LogP contribution in [0, 0.1) is 0 Å². The first kappa shape index (κ1) is 21.0. The third kappa shape index (κ3) is 5.12. The number of para-hydroxylation sites is 1. The number of likely N-dealkylation sites (tertiary alicyclic amines) is 1. The average Bonchev–Trinajstić information content (AvgIpc) is 3.04. The molecule has 2 aromatic carbocycles. The minimum atomic E-state index is 0. The van der Waals surface area contributed by atoms with Crippen molar-refractivity contribution in [2.45, 2.75) is 25.3 Å². The molecule has 0 aromatic heterocycles. The zero-order valence-electron chi connectivity index (χ0n) is 14.7. The molecule has 2 fully saturated rings. The lowest BCUT2D eigenvalue weighted by molar-refractivity contribution is 0.0175. The Morgan fingerprint density at radius 2 is 1.77 bits per heavy atom. The van der Waals surface area contributed by atoms with E-state index in [9.17, 15) is 0 Å². The Balaban J connectivity index is 0.00000121. The minimum absolute atomic E-state index is 0. The number of benzene rings is 2. The van der Waals surface area contributed by atoms with Crippen molar-refractivity contribution in [1.82, 2.24) is 10.2 Å². The highest BCUT2D eigenvalue weighted by Gasteiger charge is 2.35. The molecule has 4 nitrogen and oxygen atoms in total.